The van der Waals surface area contributed by atoms with Gasteiger partial charge in [0, 0.05) is 6.54 Å². The van der Waals surface area contributed by atoms with Crippen LogP contribution in [0.15, 0.2) is 0 Å². The number of rotatable bonds is 3. The second-order valence-corrected chi connectivity index (χ2v) is 6.53. The lowest BCUT2D eigenvalue weighted by Gasteiger charge is -2.44. The molecule has 110 valence electrons. The average molecular weight is 268 g/mol. The lowest BCUT2D eigenvalue weighted by molar-refractivity contribution is -0.0925. The molecule has 2 fully saturated rings. The maximum absolute atomic E-state index is 12.5. The molecular formula is C15H28N2O2. The maximum Gasteiger partial charge on any atom is 0.320 e. The first kappa shape index (κ1) is 14.6. The minimum atomic E-state index is -0.335. The molecule has 2 rings (SSSR count). The minimum Gasteiger partial charge on any atom is -0.353 e. The molecule has 0 aromatic heterocycles. The number of ether oxygens (including phenoxy) is 1. The van der Waals surface area contributed by atoms with Crippen LogP contribution in [0.2, 0.25) is 0 Å². The number of carbonyl (C=O) groups excluding carboxylic acids is 1. The fourth-order valence-corrected chi connectivity index (χ4v) is 3.37. The normalized spacial score (nSPS) is 24.7. The van der Waals surface area contributed by atoms with Gasteiger partial charge in [-0.1, -0.05) is 19.8 Å². The fraction of sp³-hybridized carbons (Fsp3) is 0.933. The van der Waals surface area contributed by atoms with Crippen LogP contribution in [0.3, 0.4) is 0 Å². The second-order valence-electron chi connectivity index (χ2n) is 6.53. The highest BCUT2D eigenvalue weighted by atomic mass is 16.5. The third-order valence-electron chi connectivity index (χ3n) is 4.35. The lowest BCUT2D eigenvalue weighted by atomic mass is 9.89. The van der Waals surface area contributed by atoms with Crippen LogP contribution in [0.1, 0.15) is 65.7 Å². The van der Waals surface area contributed by atoms with Gasteiger partial charge in [0.1, 0.15) is 5.72 Å². The van der Waals surface area contributed by atoms with Crippen LogP contribution >= 0.6 is 0 Å². The van der Waals surface area contributed by atoms with E-state index in [0.717, 1.165) is 45.1 Å². The molecule has 4 nitrogen and oxygen atoms in total. The molecule has 1 saturated heterocycles. The lowest BCUT2D eigenvalue weighted by Crippen LogP contribution is -2.59. The largest absolute Gasteiger partial charge is 0.353 e. The van der Waals surface area contributed by atoms with Gasteiger partial charge >= 0.3 is 6.03 Å². The van der Waals surface area contributed by atoms with Crippen molar-refractivity contribution in [2.24, 2.45) is 0 Å². The number of carbonyl (C=O) groups is 1. The van der Waals surface area contributed by atoms with Gasteiger partial charge in [0.2, 0.25) is 0 Å². The SMILES string of the molecule is CCCCNC(=O)N1C(C)(C)COC12CCCCC2. The molecule has 0 aromatic carbocycles. The van der Waals surface area contributed by atoms with E-state index >= 15 is 0 Å². The molecule has 1 saturated carbocycles. The van der Waals surface area contributed by atoms with E-state index in [4.69, 9.17) is 4.74 Å². The highest BCUT2D eigenvalue weighted by Crippen LogP contribution is 2.44. The predicted molar refractivity (Wildman–Crippen MR) is 76.0 cm³/mol. The van der Waals surface area contributed by atoms with Crippen molar-refractivity contribution < 1.29 is 9.53 Å². The van der Waals surface area contributed by atoms with Crippen LogP contribution in [0.4, 0.5) is 4.79 Å². The molecule has 0 atom stereocenters. The zero-order valence-electron chi connectivity index (χ0n) is 12.6. The number of hydrogen-bond donors (Lipinski definition) is 1. The van der Waals surface area contributed by atoms with Crippen LogP contribution in [0, 0.1) is 0 Å². The van der Waals surface area contributed by atoms with Gasteiger partial charge in [0.15, 0.2) is 0 Å². The van der Waals surface area contributed by atoms with Gasteiger partial charge < -0.3 is 10.1 Å². The molecule has 0 unspecified atom stereocenters. The van der Waals surface area contributed by atoms with E-state index in [1.165, 1.54) is 6.42 Å². The number of hydrogen-bond acceptors (Lipinski definition) is 2. The topological polar surface area (TPSA) is 41.6 Å². The van der Waals surface area contributed by atoms with E-state index in [1.54, 1.807) is 0 Å². The Bertz CT molecular complexity index is 322. The monoisotopic (exact) mass is 268 g/mol. The number of unbranched alkanes of at least 4 members (excludes halogenated alkanes) is 1. The van der Waals surface area contributed by atoms with Gasteiger partial charge in [-0.15, -0.1) is 0 Å². The van der Waals surface area contributed by atoms with E-state index in [9.17, 15) is 4.79 Å². The van der Waals surface area contributed by atoms with Crippen molar-refractivity contribution in [3.8, 4) is 0 Å². The number of amides is 2. The summed E-state index contributed by atoms with van der Waals surface area (Å²) in [6, 6.07) is 0.0536. The second kappa shape index (κ2) is 5.70. The molecule has 2 aliphatic rings. The van der Waals surface area contributed by atoms with Crippen LogP contribution in [-0.2, 0) is 4.74 Å². The van der Waals surface area contributed by atoms with Gasteiger partial charge in [0.25, 0.3) is 0 Å². The predicted octanol–water partition coefficient (Wildman–Crippen LogP) is 3.27. The summed E-state index contributed by atoms with van der Waals surface area (Å²) in [5, 5.41) is 3.06. The summed E-state index contributed by atoms with van der Waals surface area (Å²) in [4.78, 5) is 14.5. The Morgan fingerprint density at radius 3 is 2.58 bits per heavy atom. The molecule has 0 aromatic rings. The van der Waals surface area contributed by atoms with E-state index in [2.05, 4.69) is 26.1 Å². The van der Waals surface area contributed by atoms with Crippen LogP contribution in [0.25, 0.3) is 0 Å². The van der Waals surface area contributed by atoms with Crippen LogP contribution < -0.4 is 5.32 Å². The Labute approximate surface area is 116 Å². The fourth-order valence-electron chi connectivity index (χ4n) is 3.37. The Hall–Kier alpha value is -0.770. The van der Waals surface area contributed by atoms with Gasteiger partial charge in [-0.3, -0.25) is 4.90 Å². The number of nitrogens with one attached hydrogen (secondary N) is 1. The molecule has 19 heavy (non-hydrogen) atoms. The summed E-state index contributed by atoms with van der Waals surface area (Å²) in [6.07, 6.45) is 7.69. The van der Waals surface area contributed by atoms with E-state index in [-0.39, 0.29) is 17.3 Å². The number of urea groups is 1. The minimum absolute atomic E-state index is 0.0536. The molecule has 0 bridgehead atoms. The summed E-state index contributed by atoms with van der Waals surface area (Å²) < 4.78 is 6.10. The maximum atomic E-state index is 12.5. The molecule has 2 amide bonds. The summed E-state index contributed by atoms with van der Waals surface area (Å²) >= 11 is 0. The first-order valence-corrected chi connectivity index (χ1v) is 7.74. The van der Waals surface area contributed by atoms with Crippen molar-refractivity contribution in [1.82, 2.24) is 10.2 Å². The van der Waals surface area contributed by atoms with Gasteiger partial charge in [-0.2, -0.15) is 0 Å². The molecule has 1 aliphatic carbocycles. The van der Waals surface area contributed by atoms with Crippen molar-refractivity contribution in [2.75, 3.05) is 13.2 Å². The van der Waals surface area contributed by atoms with Crippen molar-refractivity contribution in [3.63, 3.8) is 0 Å². The Kier molecular flexibility index (Phi) is 4.39. The summed E-state index contributed by atoms with van der Waals surface area (Å²) in [7, 11) is 0. The van der Waals surface area contributed by atoms with Crippen molar-refractivity contribution >= 4 is 6.03 Å². The van der Waals surface area contributed by atoms with Gasteiger partial charge in [-0.05, 0) is 46.0 Å². The van der Waals surface area contributed by atoms with E-state index in [0.29, 0.717) is 6.61 Å². The first-order chi connectivity index (χ1) is 9.02. The number of nitrogens with zero attached hydrogens (tertiary/aromatic N) is 1. The molecular weight excluding hydrogens is 240 g/mol. The molecule has 4 heteroatoms. The standard InChI is InChI=1S/C15H28N2O2/c1-4-5-11-16-13(18)17-14(2,3)12-19-15(17)9-7-6-8-10-15/h4-12H2,1-3H3,(H,16,18). The third-order valence-corrected chi connectivity index (χ3v) is 4.35. The highest BCUT2D eigenvalue weighted by Gasteiger charge is 2.54. The molecule has 1 N–H and O–H groups in total. The highest BCUT2D eigenvalue weighted by molar-refractivity contribution is 5.76. The average Bonchev–Trinajstić information content (AvgIpc) is 2.62. The van der Waals surface area contributed by atoms with Gasteiger partial charge in [-0.25, -0.2) is 4.79 Å². The zero-order valence-corrected chi connectivity index (χ0v) is 12.6. The molecule has 1 heterocycles. The Balaban J connectivity index is 2.09. The first-order valence-electron chi connectivity index (χ1n) is 7.74. The van der Waals surface area contributed by atoms with Crippen LogP contribution in [-0.4, -0.2) is 35.3 Å². The molecule has 0 radical (unpaired) electrons. The van der Waals surface area contributed by atoms with Crippen LogP contribution in [0.5, 0.6) is 0 Å². The van der Waals surface area contributed by atoms with Crippen molar-refractivity contribution in [1.29, 1.82) is 0 Å². The smallest absolute Gasteiger partial charge is 0.320 e. The summed E-state index contributed by atoms with van der Waals surface area (Å²) in [5.41, 5.74) is -0.536. The van der Waals surface area contributed by atoms with E-state index in [1.807, 2.05) is 4.90 Å². The third kappa shape index (κ3) is 2.88. The quantitative estimate of drug-likeness (QED) is 0.798. The summed E-state index contributed by atoms with van der Waals surface area (Å²) in [5.74, 6) is 0. The Morgan fingerprint density at radius 1 is 1.26 bits per heavy atom. The van der Waals surface area contributed by atoms with Crippen molar-refractivity contribution in [3.05, 3.63) is 0 Å². The summed E-state index contributed by atoms with van der Waals surface area (Å²) in [6.45, 7) is 7.76. The molecule has 1 spiro atoms. The van der Waals surface area contributed by atoms with Gasteiger partial charge in [0.05, 0.1) is 12.1 Å². The Morgan fingerprint density at radius 2 is 1.95 bits per heavy atom. The molecule has 1 aliphatic heterocycles. The zero-order chi connectivity index (χ0) is 13.9. The van der Waals surface area contributed by atoms with Crippen molar-refractivity contribution in [2.45, 2.75) is 77.0 Å². The van der Waals surface area contributed by atoms with E-state index < -0.39 is 0 Å².